The Hall–Kier alpha value is -1.79. The van der Waals surface area contributed by atoms with Crippen molar-refractivity contribution in [1.29, 1.82) is 0 Å². The predicted molar refractivity (Wildman–Crippen MR) is 109 cm³/mol. The summed E-state index contributed by atoms with van der Waals surface area (Å²) in [6.45, 7) is 1.78. The Balaban J connectivity index is 1.56. The van der Waals surface area contributed by atoms with Crippen LogP contribution < -0.4 is 10.6 Å². The third-order valence-corrected chi connectivity index (χ3v) is 5.04. The van der Waals surface area contributed by atoms with Crippen LogP contribution in [-0.4, -0.2) is 29.7 Å². The summed E-state index contributed by atoms with van der Waals surface area (Å²) in [5.41, 5.74) is 2.78. The number of aromatic nitrogens is 1. The van der Waals surface area contributed by atoms with Crippen molar-refractivity contribution >= 4 is 43.9 Å². The van der Waals surface area contributed by atoms with Gasteiger partial charge in [-0.05, 0) is 29.9 Å². The highest BCUT2D eigenvalue weighted by Gasteiger charge is 2.16. The van der Waals surface area contributed by atoms with E-state index in [1.54, 1.807) is 0 Å². The minimum Gasteiger partial charge on any atom is -0.753 e. The molecule has 1 saturated heterocycles. The standard InChI is InChI=1S/C16H18IN6O2S/c18-17-23-19-9-11-3-5-12(6-4-11)14-8-15(26-22-14)21-16(24)20-13-2-1-7-25-10-13/h3-6,8,13H,1-2,7,9-10H2,(H2,20,21,24)/q-1/t13-/m0/s1. The topological polar surface area (TPSA) is 110 Å². The maximum absolute atomic E-state index is 12.1. The second-order valence-corrected chi connectivity index (χ2v) is 7.40. The van der Waals surface area contributed by atoms with Gasteiger partial charge >= 0.3 is 6.03 Å². The van der Waals surface area contributed by atoms with Gasteiger partial charge in [-0.1, -0.05) is 24.3 Å². The SMILES string of the molecule is [N-]=IN=NCc1ccc(-c2cc(NC(=O)N[C@H]3CCCOC3)sn2)cc1. The van der Waals surface area contributed by atoms with Gasteiger partial charge in [0.25, 0.3) is 0 Å². The lowest BCUT2D eigenvalue weighted by Gasteiger charge is -2.22. The lowest BCUT2D eigenvalue weighted by atomic mass is 10.1. The first kappa shape index (κ1) is 19.0. The number of urea groups is 1. The first-order valence-corrected chi connectivity index (χ1v) is 10.8. The maximum atomic E-state index is 12.1. The fraction of sp³-hybridized carbons (Fsp3) is 0.375. The quantitative estimate of drug-likeness (QED) is 0.457. The zero-order valence-electron chi connectivity index (χ0n) is 13.9. The molecule has 1 atom stereocenters. The van der Waals surface area contributed by atoms with Gasteiger partial charge in [0.1, 0.15) is 5.00 Å². The zero-order valence-corrected chi connectivity index (χ0v) is 16.9. The summed E-state index contributed by atoms with van der Waals surface area (Å²) >= 11 is 0.103. The third kappa shape index (κ3) is 5.61. The van der Waals surface area contributed by atoms with Crippen LogP contribution in [0.3, 0.4) is 0 Å². The fourth-order valence-electron chi connectivity index (χ4n) is 2.57. The van der Waals surface area contributed by atoms with Crippen LogP contribution in [0.15, 0.2) is 38.8 Å². The summed E-state index contributed by atoms with van der Waals surface area (Å²) in [4.78, 5) is 12.1. The van der Waals surface area contributed by atoms with Crippen molar-refractivity contribution in [2.75, 3.05) is 18.5 Å². The summed E-state index contributed by atoms with van der Waals surface area (Å²) < 4.78 is 22.1. The number of anilines is 1. The molecular weight excluding hydrogens is 467 g/mol. The Morgan fingerprint density at radius 3 is 3.00 bits per heavy atom. The molecule has 8 nitrogen and oxygen atoms in total. The van der Waals surface area contributed by atoms with Crippen LogP contribution in [0.5, 0.6) is 0 Å². The molecule has 2 N–H and O–H groups in total. The Kier molecular flexibility index (Phi) is 7.14. The van der Waals surface area contributed by atoms with E-state index in [-0.39, 0.29) is 12.1 Å². The lowest BCUT2D eigenvalue weighted by molar-refractivity contribution is 0.0739. The van der Waals surface area contributed by atoms with Gasteiger partial charge in [0.15, 0.2) is 0 Å². The normalized spacial score (nSPS) is 17.3. The van der Waals surface area contributed by atoms with Gasteiger partial charge in [0.05, 0.1) is 24.9 Å². The lowest BCUT2D eigenvalue weighted by Crippen LogP contribution is -2.42. The smallest absolute Gasteiger partial charge is 0.320 e. The largest absolute Gasteiger partial charge is 0.753 e. The van der Waals surface area contributed by atoms with E-state index < -0.39 is 21.3 Å². The molecule has 0 unspecified atom stereocenters. The molecule has 0 radical (unpaired) electrons. The van der Waals surface area contributed by atoms with E-state index in [4.69, 9.17) is 8.30 Å². The maximum Gasteiger partial charge on any atom is 0.320 e. The van der Waals surface area contributed by atoms with Gasteiger partial charge in [0.2, 0.25) is 0 Å². The summed E-state index contributed by atoms with van der Waals surface area (Å²) in [5.74, 6) is 0. The van der Waals surface area contributed by atoms with Crippen molar-refractivity contribution in [3.8, 4) is 11.3 Å². The van der Waals surface area contributed by atoms with Crippen molar-refractivity contribution in [1.82, 2.24) is 9.69 Å². The molecule has 1 aliphatic rings. The number of nitrogens with zero attached hydrogens (tertiary/aromatic N) is 4. The predicted octanol–water partition coefficient (Wildman–Crippen LogP) is 4.70. The number of carbonyl (C=O) groups excluding carboxylic acids is 1. The number of benzene rings is 1. The van der Waals surface area contributed by atoms with Gasteiger partial charge in [-0.25, -0.2) is 4.79 Å². The second-order valence-electron chi connectivity index (χ2n) is 5.74. The number of ether oxygens (including phenoxy) is 1. The molecule has 1 aromatic carbocycles. The molecule has 1 aliphatic heterocycles. The highest BCUT2D eigenvalue weighted by Crippen LogP contribution is 2.26. The number of amides is 2. The minimum absolute atomic E-state index is 0.0637. The summed E-state index contributed by atoms with van der Waals surface area (Å²) in [5, 5.41) is 10.3. The Bertz CT molecular complexity index is 773. The number of hydrogen-bond acceptors (Lipinski definition) is 5. The van der Waals surface area contributed by atoms with Crippen molar-refractivity contribution in [3.05, 3.63) is 39.5 Å². The van der Waals surface area contributed by atoms with E-state index in [0.29, 0.717) is 18.2 Å². The Labute approximate surface area is 165 Å². The van der Waals surface area contributed by atoms with Crippen LogP contribution in [0, 0.1) is 0 Å². The Morgan fingerprint density at radius 1 is 1.42 bits per heavy atom. The molecule has 1 fully saturated rings. The van der Waals surface area contributed by atoms with Crippen molar-refractivity contribution in [3.63, 3.8) is 0 Å². The molecule has 26 heavy (non-hydrogen) atoms. The first-order chi connectivity index (χ1) is 12.7. The average Bonchev–Trinajstić information content (AvgIpc) is 3.11. The number of nitrogens with one attached hydrogen (secondary N) is 2. The van der Waals surface area contributed by atoms with Crippen LogP contribution in [0.1, 0.15) is 18.4 Å². The van der Waals surface area contributed by atoms with Gasteiger partial charge in [-0.2, -0.15) is 12.8 Å². The van der Waals surface area contributed by atoms with Crippen molar-refractivity contribution in [2.24, 2.45) is 8.44 Å². The molecule has 0 aliphatic carbocycles. The first-order valence-electron chi connectivity index (χ1n) is 8.10. The zero-order chi connectivity index (χ0) is 18.2. The molecule has 2 heterocycles. The fourth-order valence-corrected chi connectivity index (χ4v) is 3.52. The molecular formula is C16H18IN6O2S-. The van der Waals surface area contributed by atoms with E-state index in [0.717, 1.165) is 36.3 Å². The summed E-state index contributed by atoms with van der Waals surface area (Å²) in [6.07, 6.45) is 1.90. The highest BCUT2D eigenvalue weighted by atomic mass is 127. The van der Waals surface area contributed by atoms with Crippen molar-refractivity contribution in [2.45, 2.75) is 25.4 Å². The minimum atomic E-state index is -1.14. The van der Waals surface area contributed by atoms with Gasteiger partial charge in [0, 0.05) is 18.2 Å². The number of carbonyl (C=O) groups is 1. The van der Waals surface area contributed by atoms with Gasteiger partial charge in [-0.3, -0.25) is 5.32 Å². The molecule has 10 heteroatoms. The molecule has 138 valence electrons. The van der Waals surface area contributed by atoms with E-state index in [1.807, 2.05) is 30.3 Å². The number of rotatable bonds is 6. The van der Waals surface area contributed by atoms with Crippen LogP contribution in [0.2, 0.25) is 0 Å². The monoisotopic (exact) mass is 485 g/mol. The molecule has 0 spiro atoms. The van der Waals surface area contributed by atoms with E-state index in [9.17, 15) is 4.79 Å². The molecule has 3 rings (SSSR count). The van der Waals surface area contributed by atoms with Gasteiger partial charge in [-0.15, -0.1) is 21.3 Å². The molecule has 2 amide bonds. The van der Waals surface area contributed by atoms with Gasteiger partial charge < -0.3 is 13.6 Å². The Morgan fingerprint density at radius 2 is 2.27 bits per heavy atom. The molecule has 0 saturated carbocycles. The average molecular weight is 485 g/mol. The number of hydrogen-bond donors (Lipinski definition) is 2. The molecule has 1 aromatic heterocycles. The molecule has 0 bridgehead atoms. The van der Waals surface area contributed by atoms with E-state index >= 15 is 0 Å². The van der Waals surface area contributed by atoms with Crippen LogP contribution in [0.25, 0.3) is 14.8 Å². The van der Waals surface area contributed by atoms with Crippen LogP contribution >= 0.6 is 32.8 Å². The summed E-state index contributed by atoms with van der Waals surface area (Å²) in [6, 6.07) is 9.50. The van der Waals surface area contributed by atoms with Crippen molar-refractivity contribution < 1.29 is 9.53 Å². The van der Waals surface area contributed by atoms with E-state index in [1.165, 1.54) is 11.5 Å². The van der Waals surface area contributed by atoms with E-state index in [2.05, 4.69) is 23.4 Å². The second kappa shape index (κ2) is 9.78. The summed E-state index contributed by atoms with van der Waals surface area (Å²) in [7, 11) is 0. The van der Waals surface area contributed by atoms with Crippen LogP contribution in [0.4, 0.5) is 9.80 Å². The molecule has 2 aromatic rings. The third-order valence-electron chi connectivity index (χ3n) is 3.83. The van der Waals surface area contributed by atoms with Crippen LogP contribution in [-0.2, 0) is 11.3 Å². The highest BCUT2D eigenvalue weighted by molar-refractivity contribution is 14.2. The number of halogens is 1.